The Labute approximate surface area is 488 Å². The number of hydrogen-bond acceptors (Lipinski definition) is 9. The Bertz CT molecular complexity index is 2870. The van der Waals surface area contributed by atoms with Crippen LogP contribution in [0, 0.1) is 35.1 Å². The van der Waals surface area contributed by atoms with Crippen LogP contribution in [0.1, 0.15) is 182 Å². The van der Waals surface area contributed by atoms with E-state index < -0.39 is 23.3 Å². The lowest BCUT2D eigenvalue weighted by atomic mass is 9.94. The average molecular weight is 1170 g/mol. The highest BCUT2D eigenvalue weighted by Crippen LogP contribution is 2.55. The van der Waals surface area contributed by atoms with Crippen LogP contribution in [0.5, 0.6) is 11.5 Å². The van der Waals surface area contributed by atoms with Crippen LogP contribution in [0.15, 0.2) is 83.6 Å². The summed E-state index contributed by atoms with van der Waals surface area (Å²) in [6, 6.07) is 20.1. The molecule has 4 nitrogen and oxygen atoms in total. The van der Waals surface area contributed by atoms with E-state index in [2.05, 4.69) is 27.7 Å². The Balaban J connectivity index is 1.26. The second kappa shape index (κ2) is 31.7. The van der Waals surface area contributed by atoms with Gasteiger partial charge in [-0.25, -0.2) is 17.6 Å². The van der Waals surface area contributed by atoms with Crippen molar-refractivity contribution in [3.8, 4) is 74.1 Å². The molecule has 0 spiro atoms. The minimum absolute atomic E-state index is 0.183. The zero-order chi connectivity index (χ0) is 55.3. The van der Waals surface area contributed by atoms with Crippen LogP contribution in [0.3, 0.4) is 0 Å². The monoisotopic (exact) mass is 1170 g/mol. The number of fused-ring (bicyclic) bond motifs is 1. The van der Waals surface area contributed by atoms with Crippen molar-refractivity contribution in [2.75, 3.05) is 13.2 Å². The number of nitrogens with zero attached hydrogens (tertiary/aromatic N) is 2. The molecule has 0 saturated carbocycles. The molecule has 424 valence electrons. The van der Waals surface area contributed by atoms with Crippen LogP contribution < -0.4 is 9.47 Å². The summed E-state index contributed by atoms with van der Waals surface area (Å²) in [6.45, 7) is 9.93. The molecule has 0 radical (unpaired) electrons. The van der Waals surface area contributed by atoms with Crippen molar-refractivity contribution in [3.63, 3.8) is 0 Å². The number of aromatic nitrogens is 2. The van der Waals surface area contributed by atoms with Crippen molar-refractivity contribution in [3.05, 3.63) is 107 Å². The molecule has 0 bridgehead atoms. The van der Waals surface area contributed by atoms with Gasteiger partial charge in [0, 0.05) is 51.5 Å². The Morgan fingerprint density at radius 2 is 0.709 bits per heavy atom. The van der Waals surface area contributed by atoms with Crippen molar-refractivity contribution < 1.29 is 27.0 Å². The number of halogens is 4. The van der Waals surface area contributed by atoms with Gasteiger partial charge >= 0.3 is 0 Å². The van der Waals surface area contributed by atoms with E-state index in [9.17, 15) is 0 Å². The minimum atomic E-state index is -0.503. The molecule has 13 heteroatoms. The second-order valence-corrected chi connectivity index (χ2v) is 26.0. The topological polar surface area (TPSA) is 44.2 Å². The van der Waals surface area contributed by atoms with Crippen molar-refractivity contribution in [2.45, 2.75) is 182 Å². The summed E-state index contributed by atoms with van der Waals surface area (Å²) >= 11 is 6.59. The highest BCUT2D eigenvalue weighted by molar-refractivity contribution is 7.19. The number of hydrogen-bond donors (Lipinski definition) is 0. The van der Waals surface area contributed by atoms with Gasteiger partial charge in [-0.15, -0.1) is 45.3 Å². The van der Waals surface area contributed by atoms with E-state index >= 15 is 17.6 Å². The zero-order valence-electron chi connectivity index (χ0n) is 46.9. The Morgan fingerprint density at radius 1 is 0.392 bits per heavy atom. The number of thiophene rings is 4. The molecule has 0 aliphatic rings. The SMILES string of the molecule is CCCCCCCCC(CCCCCC)COc1c(OCC(CCCCCC)CCCCCCCC)c(-c2ccc(-c3cc(F)c(-c4cccs4)cc3F)s2)c2nsnc2c1-c1ccc(-c2cc(F)c(-c3cccs3)cc2F)s1. The van der Waals surface area contributed by atoms with Gasteiger partial charge in [-0.3, -0.25) is 0 Å². The van der Waals surface area contributed by atoms with Crippen LogP contribution in [0.2, 0.25) is 0 Å². The van der Waals surface area contributed by atoms with E-state index in [1.165, 1.54) is 160 Å². The van der Waals surface area contributed by atoms with E-state index in [0.29, 0.717) is 66.4 Å². The first kappa shape index (κ1) is 60.7. The average Bonchev–Trinajstić information content (AvgIpc) is 4.55. The van der Waals surface area contributed by atoms with Gasteiger partial charge in [-0.1, -0.05) is 168 Å². The first-order chi connectivity index (χ1) is 38.7. The highest BCUT2D eigenvalue weighted by atomic mass is 32.1. The van der Waals surface area contributed by atoms with E-state index in [0.717, 1.165) is 85.7 Å². The van der Waals surface area contributed by atoms with Gasteiger partial charge in [0.25, 0.3) is 0 Å². The predicted molar refractivity (Wildman–Crippen MR) is 333 cm³/mol. The lowest BCUT2D eigenvalue weighted by Crippen LogP contribution is -2.16. The van der Waals surface area contributed by atoms with Gasteiger partial charge < -0.3 is 9.47 Å². The third-order valence-corrected chi connectivity index (χ3v) is 19.9. The lowest BCUT2D eigenvalue weighted by Gasteiger charge is -2.25. The normalized spacial score (nSPS) is 12.5. The van der Waals surface area contributed by atoms with Crippen molar-refractivity contribution >= 4 is 68.1 Å². The molecule has 0 N–H and O–H groups in total. The van der Waals surface area contributed by atoms with E-state index in [-0.39, 0.29) is 34.1 Å². The molecule has 5 heterocycles. The van der Waals surface area contributed by atoms with E-state index in [1.54, 1.807) is 12.1 Å². The third-order valence-electron chi connectivity index (χ3n) is 15.3. The molecule has 0 saturated heterocycles. The van der Waals surface area contributed by atoms with Gasteiger partial charge in [0.05, 0.1) is 36.1 Å². The predicted octanol–water partition coefficient (Wildman–Crippen LogP) is 23.9. The van der Waals surface area contributed by atoms with Crippen LogP contribution >= 0.6 is 57.1 Å². The largest absolute Gasteiger partial charge is 0.489 e. The Morgan fingerprint density at radius 3 is 1.05 bits per heavy atom. The fourth-order valence-corrected chi connectivity index (χ4v) is 15.0. The molecule has 3 aromatic carbocycles. The quantitative estimate of drug-likeness (QED) is 0.0290. The van der Waals surface area contributed by atoms with E-state index in [1.807, 2.05) is 47.2 Å². The van der Waals surface area contributed by atoms with Crippen LogP contribution in [0.25, 0.3) is 73.7 Å². The molecule has 79 heavy (non-hydrogen) atoms. The number of benzene rings is 3. The maximum atomic E-state index is 16.3. The summed E-state index contributed by atoms with van der Waals surface area (Å²) in [7, 11) is 0. The maximum absolute atomic E-state index is 16.3. The molecule has 8 aromatic rings. The number of ether oxygens (including phenoxy) is 2. The molecule has 0 aliphatic carbocycles. The fourth-order valence-electron chi connectivity index (χ4n) is 10.8. The van der Waals surface area contributed by atoms with Crippen LogP contribution in [-0.4, -0.2) is 22.0 Å². The molecule has 0 fully saturated rings. The van der Waals surface area contributed by atoms with Crippen molar-refractivity contribution in [1.29, 1.82) is 0 Å². The molecule has 5 aromatic heterocycles. The lowest BCUT2D eigenvalue weighted by molar-refractivity contribution is 0.194. The summed E-state index contributed by atoms with van der Waals surface area (Å²) in [5, 5.41) is 3.72. The fraction of sp³-hybridized carbons (Fsp3) is 0.485. The molecular formula is C66H80F4N2O2S5. The van der Waals surface area contributed by atoms with Gasteiger partial charge in [0.15, 0.2) is 11.5 Å². The Kier molecular flexibility index (Phi) is 24.4. The Hall–Kier alpha value is -4.40. The van der Waals surface area contributed by atoms with Gasteiger partial charge in [-0.2, -0.15) is 8.75 Å². The smallest absolute Gasteiger partial charge is 0.172 e. The molecule has 2 atom stereocenters. The molecule has 0 aliphatic heterocycles. The third kappa shape index (κ3) is 16.4. The summed E-state index contributed by atoms with van der Waals surface area (Å²) in [5.74, 6) is -0.286. The van der Waals surface area contributed by atoms with Crippen LogP contribution in [0.4, 0.5) is 17.6 Å². The molecule has 2 unspecified atom stereocenters. The molecular weight excluding hydrogens is 1090 g/mol. The van der Waals surface area contributed by atoms with Crippen LogP contribution in [-0.2, 0) is 0 Å². The second-order valence-electron chi connectivity index (χ2n) is 21.4. The van der Waals surface area contributed by atoms with Crippen molar-refractivity contribution in [2.24, 2.45) is 11.8 Å². The first-order valence-electron chi connectivity index (χ1n) is 29.6. The minimum Gasteiger partial charge on any atom is -0.489 e. The zero-order valence-corrected chi connectivity index (χ0v) is 51.0. The maximum Gasteiger partial charge on any atom is 0.172 e. The summed E-state index contributed by atoms with van der Waals surface area (Å²) in [4.78, 5) is 4.02. The van der Waals surface area contributed by atoms with E-state index in [4.69, 9.17) is 18.2 Å². The van der Waals surface area contributed by atoms with Gasteiger partial charge in [0.1, 0.15) is 34.3 Å². The summed E-state index contributed by atoms with van der Waals surface area (Å²) in [5.41, 5.74) is 3.49. The van der Waals surface area contributed by atoms with Gasteiger partial charge in [0.2, 0.25) is 0 Å². The number of rotatable bonds is 36. The van der Waals surface area contributed by atoms with Crippen molar-refractivity contribution in [1.82, 2.24) is 8.75 Å². The molecule has 8 rings (SSSR count). The molecule has 0 amide bonds. The first-order valence-corrected chi connectivity index (χ1v) is 33.7. The standard InChI is InChI=1S/C66H80F4N2O2S5/c1-5-9-13-17-19-23-29-45(27-21-15-11-7-3)43-73-65-61(59-35-33-57(77-59)49-41-51(67)47(39-53(49)69)55-31-25-37-75-55)63-64(72-79-71-63)62(66(65)74-44-46(28-22-16-12-8-4)30-24-20-18-14-10-6-2)60-36-34-58(78-60)50-42-52(68)48(40-54(50)70)56-32-26-38-76-56/h25-26,31-42,45-46H,5-24,27-30,43-44H2,1-4H3. The summed E-state index contributed by atoms with van der Waals surface area (Å²) in [6.07, 6.45) is 28.1. The highest BCUT2D eigenvalue weighted by Gasteiger charge is 2.31. The number of unbranched alkanes of at least 4 members (excludes halogenated alkanes) is 16. The summed E-state index contributed by atoms with van der Waals surface area (Å²) < 4.78 is 89.5. The van der Waals surface area contributed by atoms with Gasteiger partial charge in [-0.05, 0) is 109 Å².